The third-order valence-corrected chi connectivity index (χ3v) is 7.69. The monoisotopic (exact) mass is 360 g/mol. The Bertz CT molecular complexity index is 654. The summed E-state index contributed by atoms with van der Waals surface area (Å²) in [6.07, 6.45) is 1.29. The highest BCUT2D eigenvalue weighted by Gasteiger charge is 2.36. The highest BCUT2D eigenvalue weighted by Crippen LogP contribution is 2.31. The van der Waals surface area contributed by atoms with Gasteiger partial charge in [-0.1, -0.05) is 0 Å². The summed E-state index contributed by atoms with van der Waals surface area (Å²) in [6, 6.07) is 3.68. The molecule has 0 amide bonds. The summed E-state index contributed by atoms with van der Waals surface area (Å²) in [5.74, 6) is -0.804. The molecule has 1 fully saturated rings. The molecular weight excluding hydrogens is 336 g/mol. The van der Waals surface area contributed by atoms with E-state index in [2.05, 4.69) is 4.90 Å². The fourth-order valence-corrected chi connectivity index (χ4v) is 6.10. The van der Waals surface area contributed by atoms with E-state index < -0.39 is 16.0 Å². The van der Waals surface area contributed by atoms with Gasteiger partial charge in [0.05, 0.1) is 0 Å². The zero-order valence-electron chi connectivity index (χ0n) is 13.7. The van der Waals surface area contributed by atoms with Crippen LogP contribution < -0.4 is 0 Å². The molecule has 0 aromatic carbocycles. The van der Waals surface area contributed by atoms with Crippen LogP contribution in [0.3, 0.4) is 0 Å². The van der Waals surface area contributed by atoms with Crippen LogP contribution >= 0.6 is 11.3 Å². The molecule has 6 nitrogen and oxygen atoms in total. The molecule has 2 rings (SSSR count). The molecule has 0 unspecified atom stereocenters. The van der Waals surface area contributed by atoms with Gasteiger partial charge in [0.2, 0.25) is 0 Å². The van der Waals surface area contributed by atoms with E-state index in [4.69, 9.17) is 5.11 Å². The molecule has 0 radical (unpaired) electrons. The van der Waals surface area contributed by atoms with Crippen molar-refractivity contribution in [2.45, 2.75) is 36.4 Å². The quantitative estimate of drug-likeness (QED) is 0.838. The van der Waals surface area contributed by atoms with Crippen LogP contribution in [0, 0.1) is 12.8 Å². The number of piperidine rings is 1. The van der Waals surface area contributed by atoms with E-state index in [9.17, 15) is 13.2 Å². The number of carboxylic acids is 1. The fourth-order valence-electron chi connectivity index (χ4n) is 3.16. The predicted octanol–water partition coefficient (Wildman–Crippen LogP) is 1.86. The first-order chi connectivity index (χ1) is 10.7. The number of carbonyl (C=O) groups is 1. The van der Waals surface area contributed by atoms with Gasteiger partial charge in [-0.05, 0) is 51.9 Å². The maximum absolute atomic E-state index is 12.8. The topological polar surface area (TPSA) is 77.9 Å². The molecule has 23 heavy (non-hydrogen) atoms. The van der Waals surface area contributed by atoms with Crippen molar-refractivity contribution in [1.82, 2.24) is 9.21 Å². The van der Waals surface area contributed by atoms with E-state index in [1.807, 2.05) is 27.1 Å². The van der Waals surface area contributed by atoms with Gasteiger partial charge in [0.15, 0.2) is 0 Å². The Balaban J connectivity index is 2.17. The first-order valence-corrected chi connectivity index (χ1v) is 9.92. The summed E-state index contributed by atoms with van der Waals surface area (Å²) in [4.78, 5) is 13.9. The van der Waals surface area contributed by atoms with E-state index in [-0.39, 0.29) is 18.4 Å². The second-order valence-electron chi connectivity index (χ2n) is 6.24. The Morgan fingerprint density at radius 2 is 2.13 bits per heavy atom. The zero-order chi connectivity index (χ0) is 17.2. The first-order valence-electron chi connectivity index (χ1n) is 7.66. The van der Waals surface area contributed by atoms with E-state index in [1.54, 1.807) is 6.07 Å². The van der Waals surface area contributed by atoms with Crippen LogP contribution in [-0.4, -0.2) is 61.9 Å². The van der Waals surface area contributed by atoms with Crippen LogP contribution in [-0.2, 0) is 14.8 Å². The molecule has 130 valence electrons. The van der Waals surface area contributed by atoms with Crippen molar-refractivity contribution >= 4 is 27.3 Å². The third-order valence-electron chi connectivity index (χ3n) is 4.36. The number of aryl methyl sites for hydroxylation is 1. The average molecular weight is 361 g/mol. The molecule has 1 saturated heterocycles. The van der Waals surface area contributed by atoms with E-state index in [0.29, 0.717) is 23.7 Å². The Morgan fingerprint density at radius 1 is 1.43 bits per heavy atom. The summed E-state index contributed by atoms with van der Waals surface area (Å²) in [5.41, 5.74) is 0. The molecule has 0 bridgehead atoms. The lowest BCUT2D eigenvalue weighted by Crippen LogP contribution is -2.50. The molecule has 0 aliphatic carbocycles. The van der Waals surface area contributed by atoms with Gasteiger partial charge >= 0.3 is 5.97 Å². The normalized spacial score (nSPS) is 23.3. The summed E-state index contributed by atoms with van der Waals surface area (Å²) in [6.45, 7) is 2.75. The number of aliphatic carboxylic acids is 1. The lowest BCUT2D eigenvalue weighted by molar-refractivity contribution is -0.137. The van der Waals surface area contributed by atoms with Gasteiger partial charge in [-0.2, -0.15) is 4.31 Å². The molecule has 1 aliphatic rings. The van der Waals surface area contributed by atoms with Crippen molar-refractivity contribution in [2.75, 3.05) is 27.2 Å². The van der Waals surface area contributed by atoms with Crippen molar-refractivity contribution in [2.24, 2.45) is 5.92 Å². The number of carboxylic acid groups (broad SMARTS) is 1. The smallest absolute Gasteiger partial charge is 0.303 e. The van der Waals surface area contributed by atoms with E-state index in [1.165, 1.54) is 15.6 Å². The van der Waals surface area contributed by atoms with Crippen LogP contribution in [0.15, 0.2) is 16.3 Å². The van der Waals surface area contributed by atoms with Crippen LogP contribution in [0.4, 0.5) is 0 Å². The van der Waals surface area contributed by atoms with Gasteiger partial charge in [-0.25, -0.2) is 8.42 Å². The number of sulfonamides is 1. The molecule has 2 atom stereocenters. The van der Waals surface area contributed by atoms with Gasteiger partial charge in [0.25, 0.3) is 10.0 Å². The van der Waals surface area contributed by atoms with Crippen molar-refractivity contribution in [1.29, 1.82) is 0 Å². The predicted molar refractivity (Wildman–Crippen MR) is 90.3 cm³/mol. The highest BCUT2D eigenvalue weighted by molar-refractivity contribution is 7.91. The molecule has 8 heteroatoms. The summed E-state index contributed by atoms with van der Waals surface area (Å²) in [7, 11) is 0.451. The maximum atomic E-state index is 12.8. The second-order valence-corrected chi connectivity index (χ2v) is 9.69. The Kier molecular flexibility index (Phi) is 5.83. The first kappa shape index (κ1) is 18.4. The van der Waals surface area contributed by atoms with Gasteiger partial charge in [-0.3, -0.25) is 4.79 Å². The van der Waals surface area contributed by atoms with Gasteiger partial charge in [0.1, 0.15) is 4.21 Å². The lowest BCUT2D eigenvalue weighted by Gasteiger charge is -2.40. The van der Waals surface area contributed by atoms with Crippen LogP contribution in [0.2, 0.25) is 0 Å². The van der Waals surface area contributed by atoms with Crippen molar-refractivity contribution in [3.63, 3.8) is 0 Å². The van der Waals surface area contributed by atoms with E-state index >= 15 is 0 Å². The molecule has 1 aliphatic heterocycles. The Labute approximate surface area is 141 Å². The summed E-state index contributed by atoms with van der Waals surface area (Å²) < 4.78 is 27.4. The standard InChI is InChI=1S/C15H24N2O4S2/c1-11-4-7-15(22-11)23(20,21)17-9-8-13(16(2)3)12(10-17)5-6-14(18)19/h4,7,12-13H,5-6,8-10H2,1-3H3,(H,18,19)/t12-,13+/m1/s1. The largest absolute Gasteiger partial charge is 0.481 e. The minimum Gasteiger partial charge on any atom is -0.481 e. The number of thiophene rings is 1. The summed E-state index contributed by atoms with van der Waals surface area (Å²) in [5, 5.41) is 8.93. The number of hydrogen-bond donors (Lipinski definition) is 1. The minimum atomic E-state index is -3.48. The van der Waals surface area contributed by atoms with Crippen LogP contribution in [0.25, 0.3) is 0 Å². The summed E-state index contributed by atoms with van der Waals surface area (Å²) >= 11 is 1.28. The third kappa shape index (κ3) is 4.32. The van der Waals surface area contributed by atoms with Crippen molar-refractivity contribution in [3.8, 4) is 0 Å². The molecule has 2 heterocycles. The van der Waals surface area contributed by atoms with Crippen molar-refractivity contribution < 1.29 is 18.3 Å². The van der Waals surface area contributed by atoms with E-state index in [0.717, 1.165) is 11.3 Å². The Hall–Kier alpha value is -0.960. The highest BCUT2D eigenvalue weighted by atomic mass is 32.2. The minimum absolute atomic E-state index is 0.0330. The maximum Gasteiger partial charge on any atom is 0.303 e. The van der Waals surface area contributed by atoms with Gasteiger partial charge < -0.3 is 10.0 Å². The zero-order valence-corrected chi connectivity index (χ0v) is 15.4. The number of hydrogen-bond acceptors (Lipinski definition) is 5. The molecule has 0 saturated carbocycles. The molecule has 0 spiro atoms. The second kappa shape index (κ2) is 7.29. The van der Waals surface area contributed by atoms with Gasteiger partial charge in [0, 0.05) is 30.4 Å². The molecule has 1 N–H and O–H groups in total. The molecule has 1 aromatic rings. The van der Waals surface area contributed by atoms with Gasteiger partial charge in [-0.15, -0.1) is 11.3 Å². The molecule has 1 aromatic heterocycles. The fraction of sp³-hybridized carbons (Fsp3) is 0.667. The average Bonchev–Trinajstić information content (AvgIpc) is 2.92. The Morgan fingerprint density at radius 3 is 2.65 bits per heavy atom. The van der Waals surface area contributed by atoms with Crippen molar-refractivity contribution in [3.05, 3.63) is 17.0 Å². The number of nitrogens with zero attached hydrogens (tertiary/aromatic N) is 2. The van der Waals surface area contributed by atoms with Crippen LogP contribution in [0.1, 0.15) is 24.1 Å². The molecular formula is C15H24N2O4S2. The number of rotatable bonds is 6. The SMILES string of the molecule is Cc1ccc(S(=O)(=O)N2CC[C@H](N(C)C)[C@H](CCC(=O)O)C2)s1. The lowest BCUT2D eigenvalue weighted by atomic mass is 9.88. The van der Waals surface area contributed by atoms with Crippen LogP contribution in [0.5, 0.6) is 0 Å².